The molecule has 0 N–H and O–H groups in total. The Hall–Kier alpha value is -1.68. The Kier molecular flexibility index (Phi) is 4.68. The quantitative estimate of drug-likeness (QED) is 0.737. The molecule has 2 aromatic rings. The van der Waals surface area contributed by atoms with Crippen LogP contribution in [0.25, 0.3) is 0 Å². The first kappa shape index (κ1) is 13.7. The van der Waals surface area contributed by atoms with E-state index in [1.807, 2.05) is 23.6 Å². The van der Waals surface area contributed by atoms with E-state index in [2.05, 4.69) is 28.9 Å². The molecule has 0 spiro atoms. The van der Waals surface area contributed by atoms with Crippen LogP contribution in [0.5, 0.6) is 0 Å². The van der Waals surface area contributed by atoms with Gasteiger partial charge in [-0.3, -0.25) is 4.79 Å². The van der Waals surface area contributed by atoms with E-state index < -0.39 is 0 Å². The first-order valence-corrected chi connectivity index (χ1v) is 7.39. The molecule has 0 aliphatic carbocycles. The number of benzene rings is 1. The van der Waals surface area contributed by atoms with E-state index in [0.29, 0.717) is 5.69 Å². The van der Waals surface area contributed by atoms with Crippen molar-refractivity contribution in [3.05, 3.63) is 41.4 Å². The molecule has 2 rings (SSSR count). The second-order valence-corrected chi connectivity index (χ2v) is 5.25. The van der Waals surface area contributed by atoms with Crippen molar-refractivity contribution in [3.8, 4) is 0 Å². The fourth-order valence-electron chi connectivity index (χ4n) is 1.81. The molecule has 0 aliphatic rings. The molecule has 4 heteroatoms. The molecule has 0 saturated heterocycles. The number of rotatable bonds is 6. The number of nitrogens with zero attached hydrogens (tertiary/aromatic N) is 2. The number of carbonyl (C=O) groups excluding carboxylic acids is 1. The van der Waals surface area contributed by atoms with Gasteiger partial charge in [0.1, 0.15) is 5.69 Å². The van der Waals surface area contributed by atoms with Gasteiger partial charge in [-0.1, -0.05) is 31.5 Å². The highest BCUT2D eigenvalue weighted by atomic mass is 32.1. The summed E-state index contributed by atoms with van der Waals surface area (Å²) in [6, 6.07) is 10.2. The van der Waals surface area contributed by atoms with Gasteiger partial charge in [0.15, 0.2) is 10.9 Å². The molecular weight excluding hydrogens is 256 g/mol. The van der Waals surface area contributed by atoms with Gasteiger partial charge >= 0.3 is 0 Å². The molecule has 1 heterocycles. The molecule has 3 nitrogen and oxygen atoms in total. The second kappa shape index (κ2) is 6.48. The minimum Gasteiger partial charge on any atom is -0.318 e. The van der Waals surface area contributed by atoms with E-state index in [1.165, 1.54) is 11.3 Å². The third kappa shape index (κ3) is 3.41. The molecule has 0 atom stereocenters. The summed E-state index contributed by atoms with van der Waals surface area (Å²) < 4.78 is 0. The predicted octanol–water partition coefficient (Wildman–Crippen LogP) is 4.28. The number of ketones is 1. The summed E-state index contributed by atoms with van der Waals surface area (Å²) in [5, 5.41) is 2.73. The largest absolute Gasteiger partial charge is 0.318 e. The molecular formula is C15H18N2OS. The molecule has 1 aromatic heterocycles. The second-order valence-electron chi connectivity index (χ2n) is 4.41. The van der Waals surface area contributed by atoms with Crippen molar-refractivity contribution in [2.24, 2.45) is 0 Å². The SMILES string of the molecule is CCCCN(c1ccccc1)c1nc(C(C)=O)cs1. The Balaban J connectivity index is 2.28. The van der Waals surface area contributed by atoms with Crippen molar-refractivity contribution in [3.63, 3.8) is 0 Å². The minimum absolute atomic E-state index is 0.0194. The smallest absolute Gasteiger partial charge is 0.190 e. The molecule has 0 aliphatic heterocycles. The standard InChI is InChI=1S/C15H18N2OS/c1-3-4-10-17(13-8-6-5-7-9-13)15-16-14(11-19-15)12(2)18/h5-9,11H,3-4,10H2,1-2H3. The van der Waals surface area contributed by atoms with Crippen LogP contribution in [0.3, 0.4) is 0 Å². The summed E-state index contributed by atoms with van der Waals surface area (Å²) in [5.74, 6) is 0.0194. The Morgan fingerprint density at radius 3 is 2.63 bits per heavy atom. The number of hydrogen-bond acceptors (Lipinski definition) is 4. The van der Waals surface area contributed by atoms with Crippen LogP contribution in [0, 0.1) is 0 Å². The lowest BCUT2D eigenvalue weighted by atomic mass is 10.2. The van der Waals surface area contributed by atoms with Crippen LogP contribution < -0.4 is 4.90 Å². The number of unbranched alkanes of at least 4 members (excludes halogenated alkanes) is 1. The highest BCUT2D eigenvalue weighted by molar-refractivity contribution is 7.14. The van der Waals surface area contributed by atoms with Gasteiger partial charge < -0.3 is 4.90 Å². The molecule has 0 radical (unpaired) electrons. The van der Waals surface area contributed by atoms with Gasteiger partial charge in [0.25, 0.3) is 0 Å². The number of aromatic nitrogens is 1. The number of Topliss-reactive ketones (excluding diaryl/α,β-unsaturated/α-hetero) is 1. The molecule has 19 heavy (non-hydrogen) atoms. The highest BCUT2D eigenvalue weighted by Crippen LogP contribution is 2.28. The zero-order valence-corrected chi connectivity index (χ0v) is 12.1. The van der Waals surface area contributed by atoms with E-state index in [-0.39, 0.29) is 5.78 Å². The average molecular weight is 274 g/mol. The number of para-hydroxylation sites is 1. The van der Waals surface area contributed by atoms with Crippen molar-refractivity contribution >= 4 is 27.9 Å². The number of carbonyl (C=O) groups is 1. The first-order chi connectivity index (χ1) is 9.22. The summed E-state index contributed by atoms with van der Waals surface area (Å²) in [6.07, 6.45) is 2.23. The Labute approximate surface area is 117 Å². The van der Waals surface area contributed by atoms with E-state index >= 15 is 0 Å². The molecule has 0 saturated carbocycles. The van der Waals surface area contributed by atoms with Crippen molar-refractivity contribution in [2.45, 2.75) is 26.7 Å². The van der Waals surface area contributed by atoms with Gasteiger partial charge in [-0.15, -0.1) is 11.3 Å². The van der Waals surface area contributed by atoms with E-state index in [4.69, 9.17) is 0 Å². The van der Waals surface area contributed by atoms with E-state index in [1.54, 1.807) is 6.92 Å². The van der Waals surface area contributed by atoms with Crippen molar-refractivity contribution in [1.29, 1.82) is 0 Å². The van der Waals surface area contributed by atoms with Crippen LogP contribution in [0.2, 0.25) is 0 Å². The van der Waals surface area contributed by atoms with Crippen LogP contribution in [-0.2, 0) is 0 Å². The maximum atomic E-state index is 11.4. The third-order valence-corrected chi connectivity index (χ3v) is 3.75. The average Bonchev–Trinajstić information content (AvgIpc) is 2.90. The van der Waals surface area contributed by atoms with Gasteiger partial charge in [-0.2, -0.15) is 0 Å². The van der Waals surface area contributed by atoms with Gasteiger partial charge in [0, 0.05) is 24.5 Å². The zero-order valence-electron chi connectivity index (χ0n) is 11.3. The number of thiazole rings is 1. The lowest BCUT2D eigenvalue weighted by molar-refractivity contribution is 0.101. The highest BCUT2D eigenvalue weighted by Gasteiger charge is 2.14. The normalized spacial score (nSPS) is 10.4. The van der Waals surface area contributed by atoms with Crippen molar-refractivity contribution < 1.29 is 4.79 Å². The van der Waals surface area contributed by atoms with Gasteiger partial charge in [-0.05, 0) is 18.6 Å². The number of hydrogen-bond donors (Lipinski definition) is 0. The lowest BCUT2D eigenvalue weighted by Crippen LogP contribution is -2.18. The Morgan fingerprint density at radius 2 is 2.05 bits per heavy atom. The van der Waals surface area contributed by atoms with E-state index in [9.17, 15) is 4.79 Å². The third-order valence-electron chi connectivity index (χ3n) is 2.89. The minimum atomic E-state index is 0.0194. The van der Waals surface area contributed by atoms with E-state index in [0.717, 1.165) is 30.2 Å². The predicted molar refractivity (Wildman–Crippen MR) is 80.5 cm³/mol. The van der Waals surface area contributed by atoms with Gasteiger partial charge in [0.2, 0.25) is 0 Å². The van der Waals surface area contributed by atoms with Crippen LogP contribution >= 0.6 is 11.3 Å². The summed E-state index contributed by atoms with van der Waals surface area (Å²) in [4.78, 5) is 18.0. The van der Waals surface area contributed by atoms with Crippen molar-refractivity contribution in [2.75, 3.05) is 11.4 Å². The number of anilines is 2. The molecule has 0 fully saturated rings. The van der Waals surface area contributed by atoms with Crippen molar-refractivity contribution in [1.82, 2.24) is 4.98 Å². The fourth-order valence-corrected chi connectivity index (χ4v) is 2.72. The summed E-state index contributed by atoms with van der Waals surface area (Å²) in [5.41, 5.74) is 1.68. The topological polar surface area (TPSA) is 33.2 Å². The Morgan fingerprint density at radius 1 is 1.32 bits per heavy atom. The fraction of sp³-hybridized carbons (Fsp3) is 0.333. The van der Waals surface area contributed by atoms with Gasteiger partial charge in [-0.25, -0.2) is 4.98 Å². The summed E-state index contributed by atoms with van der Waals surface area (Å²) in [7, 11) is 0. The maximum absolute atomic E-state index is 11.4. The maximum Gasteiger partial charge on any atom is 0.190 e. The Bertz CT molecular complexity index is 536. The summed E-state index contributed by atoms with van der Waals surface area (Å²) in [6.45, 7) is 4.65. The molecule has 0 bridgehead atoms. The van der Waals surface area contributed by atoms with Crippen LogP contribution in [0.4, 0.5) is 10.8 Å². The molecule has 0 unspecified atom stereocenters. The zero-order chi connectivity index (χ0) is 13.7. The molecule has 100 valence electrons. The van der Waals surface area contributed by atoms with Gasteiger partial charge in [0.05, 0.1) is 0 Å². The first-order valence-electron chi connectivity index (χ1n) is 6.51. The molecule has 1 aromatic carbocycles. The molecule has 0 amide bonds. The van der Waals surface area contributed by atoms with Crippen LogP contribution in [0.15, 0.2) is 35.7 Å². The summed E-state index contributed by atoms with van der Waals surface area (Å²) >= 11 is 1.53. The monoisotopic (exact) mass is 274 g/mol. The van der Waals surface area contributed by atoms with Crippen LogP contribution in [-0.4, -0.2) is 17.3 Å². The lowest BCUT2D eigenvalue weighted by Gasteiger charge is -2.21. The van der Waals surface area contributed by atoms with Crippen LogP contribution in [0.1, 0.15) is 37.2 Å².